The summed E-state index contributed by atoms with van der Waals surface area (Å²) in [6.45, 7) is 4.97. The minimum atomic E-state index is 0.642. The van der Waals surface area contributed by atoms with Gasteiger partial charge in [0.1, 0.15) is 17.7 Å². The Morgan fingerprint density at radius 1 is 1.17 bits per heavy atom. The van der Waals surface area contributed by atoms with Crippen molar-refractivity contribution in [1.82, 2.24) is 19.7 Å². The molecule has 2 aromatic rings. The van der Waals surface area contributed by atoms with Crippen LogP contribution in [0.3, 0.4) is 0 Å². The summed E-state index contributed by atoms with van der Waals surface area (Å²) in [5, 5.41) is 4.94. The molecular formula is C18H24N4O2. The zero-order chi connectivity index (χ0) is 15.9. The first-order chi connectivity index (χ1) is 11.9. The Morgan fingerprint density at radius 2 is 2.04 bits per heavy atom. The highest BCUT2D eigenvalue weighted by molar-refractivity contribution is 5.59. The molecule has 1 saturated heterocycles. The fraction of sp³-hybridized carbons (Fsp3) is 0.667. The molecule has 2 fully saturated rings. The average Bonchev–Trinajstić information content (AvgIpc) is 3.15. The molecule has 0 aromatic carbocycles. The molecule has 0 N–H and O–H groups in total. The van der Waals surface area contributed by atoms with Crippen LogP contribution in [-0.4, -0.2) is 45.5 Å². The van der Waals surface area contributed by atoms with Crippen molar-refractivity contribution in [3.63, 3.8) is 0 Å². The molecular weight excluding hydrogens is 304 g/mol. The third kappa shape index (κ3) is 2.67. The number of hydrogen-bond acceptors (Lipinski definition) is 5. The number of aromatic nitrogens is 3. The summed E-state index contributed by atoms with van der Waals surface area (Å²) < 4.78 is 13.0. The monoisotopic (exact) mass is 328 g/mol. The first-order valence-corrected chi connectivity index (χ1v) is 9.17. The third-order valence-corrected chi connectivity index (χ3v) is 5.67. The van der Waals surface area contributed by atoms with Gasteiger partial charge < -0.3 is 9.15 Å². The van der Waals surface area contributed by atoms with Crippen LogP contribution in [0.5, 0.6) is 0 Å². The maximum absolute atomic E-state index is 5.53. The van der Waals surface area contributed by atoms with Crippen LogP contribution in [0.1, 0.15) is 36.9 Å². The van der Waals surface area contributed by atoms with Gasteiger partial charge in [0.05, 0.1) is 0 Å². The quantitative estimate of drug-likeness (QED) is 0.863. The molecule has 3 aliphatic rings. The summed E-state index contributed by atoms with van der Waals surface area (Å²) in [5.74, 6) is 0.827. The van der Waals surface area contributed by atoms with Gasteiger partial charge in [0.25, 0.3) is 0 Å². The molecule has 0 amide bonds. The van der Waals surface area contributed by atoms with Gasteiger partial charge in [0, 0.05) is 56.6 Å². The molecule has 0 radical (unpaired) electrons. The van der Waals surface area contributed by atoms with Crippen molar-refractivity contribution < 1.29 is 9.15 Å². The summed E-state index contributed by atoms with van der Waals surface area (Å²) in [6, 6.07) is 0.642. The van der Waals surface area contributed by atoms with Gasteiger partial charge in [-0.25, -0.2) is 4.98 Å². The summed E-state index contributed by atoms with van der Waals surface area (Å²) in [5.41, 5.74) is 4.68. The van der Waals surface area contributed by atoms with Crippen LogP contribution in [0.15, 0.2) is 17.1 Å². The van der Waals surface area contributed by atoms with Crippen LogP contribution in [0.25, 0.3) is 11.4 Å². The normalized spacial score (nSPS) is 22.7. The van der Waals surface area contributed by atoms with Gasteiger partial charge in [0.2, 0.25) is 0 Å². The van der Waals surface area contributed by atoms with Gasteiger partial charge in [-0.05, 0) is 31.6 Å². The third-order valence-electron chi connectivity index (χ3n) is 5.67. The van der Waals surface area contributed by atoms with Crippen molar-refractivity contribution in [3.05, 3.63) is 23.9 Å². The maximum atomic E-state index is 5.53. The van der Waals surface area contributed by atoms with E-state index in [0.29, 0.717) is 6.04 Å². The summed E-state index contributed by atoms with van der Waals surface area (Å²) in [7, 11) is 0. The molecule has 0 bridgehead atoms. The molecule has 0 spiro atoms. The Bertz CT molecular complexity index is 699. The first-order valence-electron chi connectivity index (χ1n) is 9.17. The highest BCUT2D eigenvalue weighted by Gasteiger charge is 2.32. The second-order valence-corrected chi connectivity index (χ2v) is 7.34. The van der Waals surface area contributed by atoms with Crippen LogP contribution < -0.4 is 0 Å². The van der Waals surface area contributed by atoms with E-state index in [2.05, 4.69) is 14.6 Å². The van der Waals surface area contributed by atoms with Crippen LogP contribution >= 0.6 is 0 Å². The number of fused-ring (bicyclic) bond motifs is 1. The van der Waals surface area contributed by atoms with Crippen LogP contribution in [-0.2, 0) is 24.2 Å². The van der Waals surface area contributed by atoms with Gasteiger partial charge in [-0.2, -0.15) is 5.10 Å². The highest BCUT2D eigenvalue weighted by Crippen LogP contribution is 2.35. The second-order valence-electron chi connectivity index (χ2n) is 7.34. The van der Waals surface area contributed by atoms with Crippen molar-refractivity contribution in [2.24, 2.45) is 5.92 Å². The van der Waals surface area contributed by atoms with Crippen molar-refractivity contribution in [1.29, 1.82) is 0 Å². The predicted molar refractivity (Wildman–Crippen MR) is 88.4 cm³/mol. The smallest absolute Gasteiger partial charge is 0.181 e. The molecule has 1 aliphatic carbocycles. The topological polar surface area (TPSA) is 56.3 Å². The fourth-order valence-corrected chi connectivity index (χ4v) is 4.10. The van der Waals surface area contributed by atoms with Gasteiger partial charge in [-0.15, -0.1) is 0 Å². The molecule has 4 heterocycles. The SMILES string of the molecule is c1nc(-c2nn(CC3CC3)c3c2CN(C2CCOCC2)CC3)co1. The van der Waals surface area contributed by atoms with Crippen LogP contribution in [0.4, 0.5) is 0 Å². The van der Waals surface area contributed by atoms with E-state index < -0.39 is 0 Å². The summed E-state index contributed by atoms with van der Waals surface area (Å²) in [4.78, 5) is 6.98. The summed E-state index contributed by atoms with van der Waals surface area (Å²) in [6.07, 6.45) is 9.29. The highest BCUT2D eigenvalue weighted by atomic mass is 16.5. The molecule has 24 heavy (non-hydrogen) atoms. The Kier molecular flexibility index (Phi) is 3.67. The molecule has 128 valence electrons. The standard InChI is InChI=1S/C18H24N4O2/c1-2-13(1)9-22-17-3-6-21(14-4-7-23-8-5-14)10-15(17)18(20-22)16-11-24-12-19-16/h11-14H,1-10H2. The zero-order valence-corrected chi connectivity index (χ0v) is 14.0. The number of oxazole rings is 1. The van der Waals surface area contributed by atoms with Crippen molar-refractivity contribution >= 4 is 0 Å². The van der Waals surface area contributed by atoms with Crippen molar-refractivity contribution in [2.45, 2.75) is 51.2 Å². The van der Waals surface area contributed by atoms with Crippen LogP contribution in [0, 0.1) is 5.92 Å². The van der Waals surface area contributed by atoms with Crippen LogP contribution in [0.2, 0.25) is 0 Å². The lowest BCUT2D eigenvalue weighted by atomic mass is 9.99. The Morgan fingerprint density at radius 3 is 2.79 bits per heavy atom. The molecule has 2 aliphatic heterocycles. The van der Waals surface area contributed by atoms with Crippen molar-refractivity contribution in [2.75, 3.05) is 19.8 Å². The van der Waals surface area contributed by atoms with E-state index >= 15 is 0 Å². The molecule has 6 heteroatoms. The van der Waals surface area contributed by atoms with E-state index in [1.54, 1.807) is 6.26 Å². The second kappa shape index (κ2) is 6.01. The van der Waals surface area contributed by atoms with Gasteiger partial charge >= 0.3 is 0 Å². The van der Waals surface area contributed by atoms with E-state index in [-0.39, 0.29) is 0 Å². The first kappa shape index (κ1) is 14.7. The molecule has 0 atom stereocenters. The molecule has 2 aromatic heterocycles. The minimum absolute atomic E-state index is 0.642. The number of ether oxygens (including phenoxy) is 1. The lowest BCUT2D eigenvalue weighted by Gasteiger charge is -2.37. The van der Waals surface area contributed by atoms with Gasteiger partial charge in [-0.3, -0.25) is 9.58 Å². The number of hydrogen-bond donors (Lipinski definition) is 0. The van der Waals surface area contributed by atoms with Crippen molar-refractivity contribution in [3.8, 4) is 11.4 Å². The molecule has 5 rings (SSSR count). The van der Waals surface area contributed by atoms with E-state index in [1.807, 2.05) is 0 Å². The minimum Gasteiger partial charge on any atom is -0.451 e. The zero-order valence-electron chi connectivity index (χ0n) is 14.0. The summed E-state index contributed by atoms with van der Waals surface area (Å²) >= 11 is 0. The lowest BCUT2D eigenvalue weighted by Crippen LogP contribution is -2.42. The fourth-order valence-electron chi connectivity index (χ4n) is 4.10. The largest absolute Gasteiger partial charge is 0.451 e. The van der Waals surface area contributed by atoms with E-state index in [0.717, 1.165) is 69.4 Å². The lowest BCUT2D eigenvalue weighted by molar-refractivity contribution is 0.0288. The van der Waals surface area contributed by atoms with Gasteiger partial charge in [0.15, 0.2) is 6.39 Å². The van der Waals surface area contributed by atoms with E-state index in [1.165, 1.54) is 30.5 Å². The Hall–Kier alpha value is -1.66. The maximum Gasteiger partial charge on any atom is 0.181 e. The molecule has 6 nitrogen and oxygen atoms in total. The number of rotatable bonds is 4. The van der Waals surface area contributed by atoms with Gasteiger partial charge in [-0.1, -0.05) is 0 Å². The average molecular weight is 328 g/mol. The molecule has 1 saturated carbocycles. The van der Waals surface area contributed by atoms with E-state index in [9.17, 15) is 0 Å². The van der Waals surface area contributed by atoms with E-state index in [4.69, 9.17) is 14.3 Å². The molecule has 0 unspecified atom stereocenters. The number of nitrogens with zero attached hydrogens (tertiary/aromatic N) is 4. The predicted octanol–water partition coefficient (Wildman–Crippen LogP) is 2.49. The Labute approximate surface area is 141 Å². The Balaban J connectivity index is 1.47.